The average molecular weight is 351 g/mol. The zero-order valence-electron chi connectivity index (χ0n) is 15.0. The highest BCUT2D eigenvalue weighted by Gasteiger charge is 2.35. The number of Topliss-reactive ketones (excluding diaryl/α,β-unsaturated/α-hetero) is 1. The molecular formula is C21H21NO4. The van der Waals surface area contributed by atoms with Gasteiger partial charge in [0.25, 0.3) is 0 Å². The van der Waals surface area contributed by atoms with Crippen LogP contribution >= 0.6 is 0 Å². The number of nitrogens with one attached hydrogen (secondary N) is 1. The van der Waals surface area contributed by atoms with Crippen LogP contribution in [0.2, 0.25) is 0 Å². The maximum absolute atomic E-state index is 12.9. The first-order valence-electron chi connectivity index (χ1n) is 8.43. The van der Waals surface area contributed by atoms with Gasteiger partial charge in [-0.25, -0.2) is 4.79 Å². The molecule has 3 rings (SSSR count). The van der Waals surface area contributed by atoms with E-state index >= 15 is 0 Å². The molecular weight excluding hydrogens is 330 g/mol. The van der Waals surface area contributed by atoms with Gasteiger partial charge in [-0.3, -0.25) is 4.79 Å². The standard InChI is InChI=1S/C21H21NO4/c1-13-18(15(3)23)20(16-8-5-4-6-9-16)19(14(2)22-13)21(24)26-12-17-10-7-11-25-17/h4-11,20,22H,12H2,1-3H3. The highest BCUT2D eigenvalue weighted by Crippen LogP contribution is 2.38. The molecule has 1 aliphatic heterocycles. The minimum Gasteiger partial charge on any atom is -0.466 e. The monoisotopic (exact) mass is 351 g/mol. The Morgan fingerprint density at radius 2 is 1.73 bits per heavy atom. The molecule has 0 radical (unpaired) electrons. The van der Waals surface area contributed by atoms with Gasteiger partial charge in [-0.15, -0.1) is 0 Å². The number of benzene rings is 1. The van der Waals surface area contributed by atoms with Crippen LogP contribution in [0.1, 0.15) is 38.0 Å². The predicted octanol–water partition coefficient (Wildman–Crippen LogP) is 3.85. The van der Waals surface area contributed by atoms with E-state index in [-0.39, 0.29) is 12.4 Å². The lowest BCUT2D eigenvalue weighted by molar-refractivity contribution is -0.141. The van der Waals surface area contributed by atoms with Gasteiger partial charge >= 0.3 is 5.97 Å². The van der Waals surface area contributed by atoms with Crippen LogP contribution in [0, 0.1) is 0 Å². The molecule has 26 heavy (non-hydrogen) atoms. The third-order valence-corrected chi connectivity index (χ3v) is 4.42. The fraction of sp³-hybridized carbons (Fsp3) is 0.238. The second-order valence-corrected chi connectivity index (χ2v) is 6.26. The van der Waals surface area contributed by atoms with Crippen molar-refractivity contribution in [1.29, 1.82) is 0 Å². The summed E-state index contributed by atoms with van der Waals surface area (Å²) in [6, 6.07) is 13.0. The maximum Gasteiger partial charge on any atom is 0.337 e. The first-order chi connectivity index (χ1) is 12.5. The number of ether oxygens (including phenoxy) is 1. The van der Waals surface area contributed by atoms with Crippen molar-refractivity contribution in [1.82, 2.24) is 5.32 Å². The minimum atomic E-state index is -0.466. The van der Waals surface area contributed by atoms with Crippen LogP contribution in [0.4, 0.5) is 0 Å². The summed E-state index contributed by atoms with van der Waals surface area (Å²) in [4.78, 5) is 25.2. The zero-order valence-corrected chi connectivity index (χ0v) is 15.0. The van der Waals surface area contributed by atoms with Crippen LogP contribution in [0.3, 0.4) is 0 Å². The number of carbonyl (C=O) groups excluding carboxylic acids is 2. The molecule has 1 atom stereocenters. The van der Waals surface area contributed by atoms with Crippen LogP contribution < -0.4 is 5.32 Å². The molecule has 1 aromatic carbocycles. The summed E-state index contributed by atoms with van der Waals surface area (Å²) in [5, 5.41) is 3.15. The second kappa shape index (κ2) is 7.44. The van der Waals surface area contributed by atoms with Gasteiger partial charge in [-0.2, -0.15) is 0 Å². The van der Waals surface area contributed by atoms with Crippen molar-refractivity contribution in [2.24, 2.45) is 0 Å². The Kier molecular flexibility index (Phi) is 5.07. The van der Waals surface area contributed by atoms with Gasteiger partial charge in [0.2, 0.25) is 0 Å². The SMILES string of the molecule is CC(=O)C1=C(C)NC(C)=C(C(=O)OCc2ccco2)C1c1ccccc1. The first kappa shape index (κ1) is 17.7. The van der Waals surface area contributed by atoms with E-state index in [0.29, 0.717) is 22.6 Å². The Morgan fingerprint density at radius 1 is 1.04 bits per heavy atom. The lowest BCUT2D eigenvalue weighted by Crippen LogP contribution is -2.31. The third kappa shape index (κ3) is 3.47. The number of ketones is 1. The summed E-state index contributed by atoms with van der Waals surface area (Å²) >= 11 is 0. The number of dihydropyridines is 1. The van der Waals surface area contributed by atoms with Gasteiger partial charge < -0.3 is 14.5 Å². The molecule has 0 saturated carbocycles. The highest BCUT2D eigenvalue weighted by molar-refractivity contribution is 6.02. The minimum absolute atomic E-state index is 0.0439. The molecule has 0 amide bonds. The van der Waals surface area contributed by atoms with Crippen LogP contribution in [0.15, 0.2) is 75.7 Å². The Labute approximate surface area is 152 Å². The topological polar surface area (TPSA) is 68.5 Å². The van der Waals surface area contributed by atoms with Crippen LogP contribution in [-0.2, 0) is 20.9 Å². The van der Waals surface area contributed by atoms with Crippen molar-refractivity contribution in [2.45, 2.75) is 33.3 Å². The summed E-state index contributed by atoms with van der Waals surface area (Å²) < 4.78 is 10.7. The molecule has 0 aliphatic carbocycles. The molecule has 1 unspecified atom stereocenters. The number of allylic oxidation sites excluding steroid dienone is 3. The quantitative estimate of drug-likeness (QED) is 0.829. The van der Waals surface area contributed by atoms with E-state index < -0.39 is 11.9 Å². The summed E-state index contributed by atoms with van der Waals surface area (Å²) in [7, 11) is 0. The second-order valence-electron chi connectivity index (χ2n) is 6.26. The lowest BCUT2D eigenvalue weighted by atomic mass is 9.79. The van der Waals surface area contributed by atoms with Crippen LogP contribution in [0.5, 0.6) is 0 Å². The fourth-order valence-electron chi connectivity index (χ4n) is 3.32. The molecule has 0 spiro atoms. The molecule has 0 fully saturated rings. The Morgan fingerprint density at radius 3 is 2.35 bits per heavy atom. The lowest BCUT2D eigenvalue weighted by Gasteiger charge is -2.30. The van der Waals surface area contributed by atoms with Gasteiger partial charge in [0.15, 0.2) is 5.78 Å². The number of hydrogen-bond acceptors (Lipinski definition) is 5. The van der Waals surface area contributed by atoms with E-state index in [1.165, 1.54) is 13.2 Å². The van der Waals surface area contributed by atoms with E-state index in [2.05, 4.69) is 5.32 Å². The molecule has 5 heteroatoms. The van der Waals surface area contributed by atoms with Crippen molar-refractivity contribution in [3.63, 3.8) is 0 Å². The average Bonchev–Trinajstić information content (AvgIpc) is 3.13. The van der Waals surface area contributed by atoms with E-state index in [1.54, 1.807) is 12.1 Å². The molecule has 1 aliphatic rings. The Balaban J connectivity index is 1.98. The van der Waals surface area contributed by atoms with Crippen LogP contribution in [0.25, 0.3) is 0 Å². The van der Waals surface area contributed by atoms with Crippen molar-refractivity contribution >= 4 is 11.8 Å². The Bertz CT molecular complexity index is 876. The van der Waals surface area contributed by atoms with E-state index in [4.69, 9.17) is 9.15 Å². The summed E-state index contributed by atoms with van der Waals surface area (Å²) in [5.41, 5.74) is 3.34. The third-order valence-electron chi connectivity index (χ3n) is 4.42. The van der Waals surface area contributed by atoms with Crippen LogP contribution in [-0.4, -0.2) is 11.8 Å². The number of furan rings is 1. The molecule has 1 N–H and O–H groups in total. The molecule has 0 saturated heterocycles. The van der Waals surface area contributed by atoms with Crippen molar-refractivity contribution < 1.29 is 18.7 Å². The normalized spacial score (nSPS) is 17.1. The summed E-state index contributed by atoms with van der Waals surface area (Å²) in [6.07, 6.45) is 1.53. The largest absolute Gasteiger partial charge is 0.466 e. The summed E-state index contributed by atoms with van der Waals surface area (Å²) in [6.45, 7) is 5.23. The number of rotatable bonds is 5. The zero-order chi connectivity index (χ0) is 18.7. The molecule has 5 nitrogen and oxygen atoms in total. The van der Waals surface area contributed by atoms with Gasteiger partial charge in [0, 0.05) is 22.9 Å². The maximum atomic E-state index is 12.9. The van der Waals surface area contributed by atoms with Crippen molar-refractivity contribution in [2.75, 3.05) is 0 Å². The number of carbonyl (C=O) groups is 2. The van der Waals surface area contributed by atoms with E-state index in [0.717, 1.165) is 11.3 Å². The molecule has 134 valence electrons. The van der Waals surface area contributed by atoms with Gasteiger partial charge in [-0.05, 0) is 38.5 Å². The van der Waals surface area contributed by atoms with Gasteiger partial charge in [-0.1, -0.05) is 30.3 Å². The predicted molar refractivity (Wildman–Crippen MR) is 96.9 cm³/mol. The van der Waals surface area contributed by atoms with Gasteiger partial charge in [0.1, 0.15) is 12.4 Å². The molecule has 2 heterocycles. The van der Waals surface area contributed by atoms with Gasteiger partial charge in [0.05, 0.1) is 11.8 Å². The first-order valence-corrected chi connectivity index (χ1v) is 8.43. The van der Waals surface area contributed by atoms with Crippen molar-refractivity contribution in [3.8, 4) is 0 Å². The van der Waals surface area contributed by atoms with E-state index in [9.17, 15) is 9.59 Å². The molecule has 0 bridgehead atoms. The highest BCUT2D eigenvalue weighted by atomic mass is 16.5. The Hall–Kier alpha value is -3.08. The van der Waals surface area contributed by atoms with Crippen molar-refractivity contribution in [3.05, 3.63) is 82.6 Å². The molecule has 2 aromatic rings. The number of hydrogen-bond donors (Lipinski definition) is 1. The fourth-order valence-corrected chi connectivity index (χ4v) is 3.32. The molecule has 1 aromatic heterocycles. The summed E-state index contributed by atoms with van der Waals surface area (Å²) in [5.74, 6) is -0.437. The smallest absolute Gasteiger partial charge is 0.337 e. The van der Waals surface area contributed by atoms with E-state index in [1.807, 2.05) is 44.2 Å². The number of esters is 1.